The molecule has 0 aliphatic rings. The molecule has 0 aliphatic carbocycles. The number of aliphatic carboxylic acids is 4. The van der Waals surface area contributed by atoms with Gasteiger partial charge in [0.2, 0.25) is 0 Å². The van der Waals surface area contributed by atoms with Gasteiger partial charge in [-0.1, -0.05) is 0 Å². The predicted molar refractivity (Wildman–Crippen MR) is 50.4 cm³/mol. The number of carbonyl (C=O) groups excluding carboxylic acids is 4. The Morgan fingerprint density at radius 3 is 0.789 bits per heavy atom. The monoisotopic (exact) mass is 324 g/mol. The first-order valence-corrected chi connectivity index (χ1v) is 4.11. The molecule has 0 aliphatic heterocycles. The number of Topliss-reactive ketones (excluding diaryl/α,β-unsaturated/α-hetero) is 1. The molecular weight excluding hydrogens is 311 g/mol. The van der Waals surface area contributed by atoms with Gasteiger partial charge in [-0.25, -0.2) is 0 Å². The van der Waals surface area contributed by atoms with Crippen LogP contribution < -0.4 is 15.3 Å². The van der Waals surface area contributed by atoms with Crippen molar-refractivity contribution in [3.8, 4) is 0 Å². The van der Waals surface area contributed by atoms with Crippen molar-refractivity contribution in [3.63, 3.8) is 0 Å². The summed E-state index contributed by atoms with van der Waals surface area (Å²) in [6, 6.07) is 0. The summed E-state index contributed by atoms with van der Waals surface area (Å²) in [6.07, 6.45) is 0. The van der Waals surface area contributed by atoms with Crippen LogP contribution in [0.15, 0.2) is 0 Å². The van der Waals surface area contributed by atoms with Crippen molar-refractivity contribution >= 4 is 29.7 Å². The van der Waals surface area contributed by atoms with Gasteiger partial charge in [-0.05, 0) is 13.8 Å². The number of carboxylic acid groups (broad SMARTS) is 4. The minimum atomic E-state index is -1.63. The average molecular weight is 324 g/mol. The molecule has 10 heteroatoms. The van der Waals surface area contributed by atoms with E-state index in [2.05, 4.69) is 0 Å². The third kappa shape index (κ3) is 750. The maximum atomic E-state index is 9.48. The first-order valence-electron chi connectivity index (χ1n) is 4.11. The Morgan fingerprint density at radius 1 is 0.737 bits per heavy atom. The third-order valence-corrected chi connectivity index (χ3v) is 0.287. The molecule has 0 radical (unpaired) electrons. The van der Waals surface area contributed by atoms with Crippen LogP contribution in [0, 0.1) is 0 Å². The van der Waals surface area contributed by atoms with Crippen LogP contribution in [0.2, 0.25) is 0 Å². The SMILES string of the molecule is CC(=O)C(=O)[O-].CC(=O)O.CC(=O)[O-].CC(=O)[O-].[Co+3]. The van der Waals surface area contributed by atoms with Gasteiger partial charge in [0.1, 0.15) is 5.97 Å². The van der Waals surface area contributed by atoms with Crippen molar-refractivity contribution in [1.29, 1.82) is 0 Å². The third-order valence-electron chi connectivity index (χ3n) is 0.287. The fourth-order valence-electron chi connectivity index (χ4n) is 0. The first-order chi connectivity index (χ1) is 7.84. The second-order valence-corrected chi connectivity index (χ2v) is 2.35. The molecule has 0 heterocycles. The summed E-state index contributed by atoms with van der Waals surface area (Å²) >= 11 is 0. The maximum Gasteiger partial charge on any atom is 3.00 e. The second kappa shape index (κ2) is 21.4. The summed E-state index contributed by atoms with van der Waals surface area (Å²) in [7, 11) is 0. The van der Waals surface area contributed by atoms with E-state index in [0.29, 0.717) is 0 Å². The number of carbonyl (C=O) groups is 5. The number of hydrogen-bond acceptors (Lipinski definition) is 8. The molecule has 112 valence electrons. The van der Waals surface area contributed by atoms with Crippen LogP contribution in [0.25, 0.3) is 0 Å². The zero-order valence-electron chi connectivity index (χ0n) is 10.5. The Kier molecular flexibility index (Phi) is 34.0. The Hall–Kier alpha value is -1.94. The van der Waals surface area contributed by atoms with Crippen LogP contribution in [-0.4, -0.2) is 34.8 Å². The molecule has 19 heavy (non-hydrogen) atoms. The van der Waals surface area contributed by atoms with Gasteiger partial charge in [0, 0.05) is 25.8 Å². The van der Waals surface area contributed by atoms with Crippen LogP contribution in [0.5, 0.6) is 0 Å². The average Bonchev–Trinajstić information content (AvgIpc) is 1.99. The molecule has 0 amide bonds. The van der Waals surface area contributed by atoms with Crippen molar-refractivity contribution in [1.82, 2.24) is 0 Å². The van der Waals surface area contributed by atoms with Gasteiger partial charge in [-0.2, -0.15) is 0 Å². The molecule has 0 aromatic rings. The van der Waals surface area contributed by atoms with E-state index in [-0.39, 0.29) is 16.8 Å². The van der Waals surface area contributed by atoms with Crippen molar-refractivity contribution in [2.75, 3.05) is 0 Å². The summed E-state index contributed by atoms with van der Waals surface area (Å²) < 4.78 is 0. The van der Waals surface area contributed by atoms with Crippen LogP contribution in [0.1, 0.15) is 27.7 Å². The molecule has 0 saturated carbocycles. The fraction of sp³-hybridized carbons (Fsp3) is 0.444. The molecule has 0 atom stereocenters. The van der Waals surface area contributed by atoms with Crippen LogP contribution in [0.3, 0.4) is 0 Å². The van der Waals surface area contributed by atoms with Gasteiger partial charge >= 0.3 is 16.8 Å². The molecular formula is C9H13CoO9. The van der Waals surface area contributed by atoms with Gasteiger partial charge < -0.3 is 34.8 Å². The van der Waals surface area contributed by atoms with Crippen LogP contribution >= 0.6 is 0 Å². The summed E-state index contributed by atoms with van der Waals surface area (Å²) in [6.45, 7) is 3.97. The second-order valence-electron chi connectivity index (χ2n) is 2.35. The molecule has 0 unspecified atom stereocenters. The Morgan fingerprint density at radius 2 is 0.789 bits per heavy atom. The molecule has 0 rings (SSSR count). The van der Waals surface area contributed by atoms with E-state index in [4.69, 9.17) is 29.7 Å². The quantitative estimate of drug-likeness (QED) is 0.470. The van der Waals surface area contributed by atoms with E-state index in [1.165, 1.54) is 0 Å². The zero-order chi connectivity index (χ0) is 15.9. The van der Waals surface area contributed by atoms with E-state index in [1.807, 2.05) is 0 Å². The molecule has 9 nitrogen and oxygen atoms in total. The van der Waals surface area contributed by atoms with Gasteiger partial charge in [0.15, 0.2) is 5.78 Å². The predicted octanol–water partition coefficient (Wildman–Crippen LogP) is -4.07. The van der Waals surface area contributed by atoms with Gasteiger partial charge in [0.05, 0.1) is 0 Å². The van der Waals surface area contributed by atoms with E-state index < -0.39 is 29.7 Å². The van der Waals surface area contributed by atoms with Gasteiger partial charge in [-0.15, -0.1) is 0 Å². The number of carboxylic acids is 4. The molecule has 0 aromatic heterocycles. The topological polar surface area (TPSA) is 175 Å². The van der Waals surface area contributed by atoms with Gasteiger partial charge in [-0.3, -0.25) is 9.59 Å². The minimum absolute atomic E-state index is 0. The minimum Gasteiger partial charge on any atom is -0.550 e. The van der Waals surface area contributed by atoms with E-state index in [1.54, 1.807) is 0 Å². The maximum absolute atomic E-state index is 9.48. The van der Waals surface area contributed by atoms with Crippen molar-refractivity contribution in [2.45, 2.75) is 27.7 Å². The standard InChI is InChI=1S/C3H4O3.3C2H4O2.Co/c1-2(4)3(5)6;3*1-2(3)4;/h1H3,(H,5,6);3*1H3,(H,3,4);/q;;;;+3/p-3. The summed E-state index contributed by atoms with van der Waals surface area (Å²) in [4.78, 5) is 45.5. The summed E-state index contributed by atoms with van der Waals surface area (Å²) in [5.41, 5.74) is 0. The Balaban J connectivity index is -0.0000000459. The molecule has 0 bridgehead atoms. The Labute approximate surface area is 119 Å². The summed E-state index contributed by atoms with van der Waals surface area (Å²) in [5, 5.41) is 34.4. The van der Waals surface area contributed by atoms with Crippen molar-refractivity contribution in [2.24, 2.45) is 0 Å². The van der Waals surface area contributed by atoms with E-state index in [9.17, 15) is 14.7 Å². The largest absolute Gasteiger partial charge is 3.00 e. The molecule has 1 N–H and O–H groups in total. The van der Waals surface area contributed by atoms with Crippen molar-refractivity contribution in [3.05, 3.63) is 0 Å². The van der Waals surface area contributed by atoms with Crippen LogP contribution in [-0.2, 0) is 40.8 Å². The number of rotatable bonds is 1. The Bertz CT molecular complexity index is 246. The molecule has 0 saturated heterocycles. The number of hydrogen-bond donors (Lipinski definition) is 1. The number of ketones is 1. The van der Waals surface area contributed by atoms with E-state index >= 15 is 0 Å². The zero-order valence-corrected chi connectivity index (χ0v) is 11.6. The fourth-order valence-corrected chi connectivity index (χ4v) is 0. The summed E-state index contributed by atoms with van der Waals surface area (Å²) in [5.74, 6) is -5.56. The molecule has 0 aromatic carbocycles. The smallest absolute Gasteiger partial charge is 0.550 e. The normalized spacial score (nSPS) is 6.32. The first kappa shape index (κ1) is 30.3. The molecule has 0 fully saturated rings. The van der Waals surface area contributed by atoms with E-state index in [0.717, 1.165) is 27.7 Å². The molecule has 0 spiro atoms. The van der Waals surface area contributed by atoms with Crippen LogP contribution in [0.4, 0.5) is 0 Å². The van der Waals surface area contributed by atoms with Crippen molar-refractivity contribution < 1.29 is 61.2 Å². The van der Waals surface area contributed by atoms with Gasteiger partial charge in [0.25, 0.3) is 5.97 Å².